The maximum Gasteiger partial charge on any atom is 0.295 e. The van der Waals surface area contributed by atoms with Gasteiger partial charge in [0, 0.05) is 0 Å². The molecule has 0 aliphatic carbocycles. The van der Waals surface area contributed by atoms with Crippen molar-refractivity contribution >= 4 is 41.8 Å². The molecule has 0 radical (unpaired) electrons. The Labute approximate surface area is 219 Å². The normalized spacial score (nSPS) is 12.9. The molecule has 0 aromatic heterocycles. The van der Waals surface area contributed by atoms with Crippen LogP contribution < -0.4 is 0 Å². The molecule has 0 aliphatic heterocycles. The molecule has 4 aromatic rings. The lowest BCUT2D eigenvalue weighted by Gasteiger charge is -2.25. The molecule has 0 unspecified atom stereocenters. The Hall–Kier alpha value is -2.78. The molecule has 0 heterocycles. The fraction of sp³-hybridized carbons (Fsp3) is 0.310. The van der Waals surface area contributed by atoms with Crippen molar-refractivity contribution in [1.82, 2.24) is 0 Å². The van der Waals surface area contributed by atoms with Crippen molar-refractivity contribution in [3.63, 3.8) is 0 Å². The minimum atomic E-state index is -4.24. The molecule has 4 rings (SSSR count). The average molecular weight is 543 g/mol. The van der Waals surface area contributed by atoms with E-state index in [0.717, 1.165) is 21.5 Å². The van der Waals surface area contributed by atoms with Gasteiger partial charge in [-0.2, -0.15) is 16.8 Å². The highest BCUT2D eigenvalue weighted by atomic mass is 32.2. The highest BCUT2D eigenvalue weighted by molar-refractivity contribution is 7.86. The van der Waals surface area contributed by atoms with E-state index in [0.29, 0.717) is 16.7 Å². The Morgan fingerprint density at radius 2 is 1.05 bits per heavy atom. The standard InChI is InChI=1S/C15H18O3S.C14H16O3S/c1-10-9-11-7-5-6-8-12(11)13(15(2,3)4)14(10)19(16,17)18;1-14(2,3)13-11-7-5-4-6-10(11)8-9-12(13)18(15,16)17/h5-9H,1-4H3,(H,16,17,18);4-9H,1-3H3,(H,15,16,17). The van der Waals surface area contributed by atoms with Gasteiger partial charge in [0.25, 0.3) is 20.2 Å². The van der Waals surface area contributed by atoms with Crippen molar-refractivity contribution in [2.45, 2.75) is 69.1 Å². The number of rotatable bonds is 2. The fourth-order valence-electron chi connectivity index (χ4n) is 4.79. The molecule has 0 fully saturated rings. The van der Waals surface area contributed by atoms with Gasteiger partial charge in [-0.1, -0.05) is 102 Å². The molecule has 0 atom stereocenters. The molecule has 6 nitrogen and oxygen atoms in total. The summed E-state index contributed by atoms with van der Waals surface area (Å²) in [5.74, 6) is 0. The molecule has 8 heteroatoms. The van der Waals surface area contributed by atoms with Crippen LogP contribution in [0.3, 0.4) is 0 Å². The van der Waals surface area contributed by atoms with Crippen LogP contribution in [-0.4, -0.2) is 25.9 Å². The van der Waals surface area contributed by atoms with Crippen LogP contribution in [0.25, 0.3) is 21.5 Å². The Balaban J connectivity index is 0.000000206. The van der Waals surface area contributed by atoms with E-state index < -0.39 is 20.2 Å². The summed E-state index contributed by atoms with van der Waals surface area (Å²) in [4.78, 5) is 0.0346. The molecule has 37 heavy (non-hydrogen) atoms. The number of fused-ring (bicyclic) bond motifs is 2. The third-order valence-electron chi connectivity index (χ3n) is 6.11. The SMILES string of the molecule is CC(C)(C)c1c(S(=O)(=O)O)ccc2ccccc12.Cc1cc2ccccc2c(C(C)(C)C)c1S(=O)(=O)O. The molecule has 0 saturated heterocycles. The largest absolute Gasteiger partial charge is 0.295 e. The molecule has 0 aliphatic rings. The minimum absolute atomic E-state index is 0.00583. The lowest BCUT2D eigenvalue weighted by atomic mass is 9.82. The van der Waals surface area contributed by atoms with E-state index >= 15 is 0 Å². The van der Waals surface area contributed by atoms with Gasteiger partial charge < -0.3 is 0 Å². The summed E-state index contributed by atoms with van der Waals surface area (Å²) >= 11 is 0. The van der Waals surface area contributed by atoms with Gasteiger partial charge >= 0.3 is 0 Å². The topological polar surface area (TPSA) is 109 Å². The van der Waals surface area contributed by atoms with Crippen LogP contribution in [0.1, 0.15) is 58.2 Å². The van der Waals surface area contributed by atoms with Gasteiger partial charge in [0.1, 0.15) is 4.90 Å². The number of hydrogen-bond donors (Lipinski definition) is 2. The summed E-state index contributed by atoms with van der Waals surface area (Å²) < 4.78 is 65.4. The summed E-state index contributed by atoms with van der Waals surface area (Å²) in [6, 6.07) is 20.2. The average Bonchev–Trinajstić information content (AvgIpc) is 2.75. The van der Waals surface area contributed by atoms with Crippen molar-refractivity contribution in [1.29, 1.82) is 0 Å². The molecule has 0 spiro atoms. The van der Waals surface area contributed by atoms with E-state index in [1.807, 2.05) is 90.1 Å². The molecule has 198 valence electrons. The molecule has 2 N–H and O–H groups in total. The van der Waals surface area contributed by atoms with Crippen LogP contribution in [0.2, 0.25) is 0 Å². The van der Waals surface area contributed by atoms with Gasteiger partial charge in [0.05, 0.1) is 4.90 Å². The van der Waals surface area contributed by atoms with Gasteiger partial charge in [-0.25, -0.2) is 0 Å². The summed E-state index contributed by atoms with van der Waals surface area (Å²) in [7, 11) is -8.45. The smallest absolute Gasteiger partial charge is 0.282 e. The second-order valence-electron chi connectivity index (χ2n) is 11.2. The Morgan fingerprint density at radius 3 is 1.51 bits per heavy atom. The first-order valence-electron chi connectivity index (χ1n) is 11.8. The van der Waals surface area contributed by atoms with E-state index in [1.165, 1.54) is 6.07 Å². The maximum absolute atomic E-state index is 11.7. The predicted molar refractivity (Wildman–Crippen MR) is 150 cm³/mol. The monoisotopic (exact) mass is 542 g/mol. The fourth-order valence-corrected chi connectivity index (χ4v) is 6.84. The predicted octanol–water partition coefficient (Wildman–Crippen LogP) is 7.08. The Bertz CT molecular complexity index is 1690. The van der Waals surface area contributed by atoms with E-state index in [1.54, 1.807) is 19.1 Å². The van der Waals surface area contributed by atoms with Crippen LogP contribution in [0.15, 0.2) is 76.5 Å². The zero-order valence-corrected chi connectivity index (χ0v) is 23.8. The molecular formula is C29H34O6S2. The van der Waals surface area contributed by atoms with Gasteiger partial charge in [-0.3, -0.25) is 9.11 Å². The van der Waals surface area contributed by atoms with Crippen molar-refractivity contribution < 1.29 is 25.9 Å². The summed E-state index contributed by atoms with van der Waals surface area (Å²) in [6.07, 6.45) is 0. The lowest BCUT2D eigenvalue weighted by Crippen LogP contribution is -2.18. The molecule has 0 amide bonds. The van der Waals surface area contributed by atoms with Crippen LogP contribution >= 0.6 is 0 Å². The van der Waals surface area contributed by atoms with Crippen LogP contribution in [-0.2, 0) is 31.1 Å². The van der Waals surface area contributed by atoms with E-state index in [4.69, 9.17) is 0 Å². The van der Waals surface area contributed by atoms with Gasteiger partial charge in [0.15, 0.2) is 0 Å². The van der Waals surface area contributed by atoms with Crippen LogP contribution in [0.4, 0.5) is 0 Å². The van der Waals surface area contributed by atoms with Gasteiger partial charge in [-0.05, 0) is 62.1 Å². The third kappa shape index (κ3) is 6.21. The third-order valence-corrected chi connectivity index (χ3v) is 8.05. The van der Waals surface area contributed by atoms with Crippen molar-refractivity contribution in [3.8, 4) is 0 Å². The summed E-state index contributed by atoms with van der Waals surface area (Å²) in [6.45, 7) is 13.4. The zero-order chi connectivity index (χ0) is 28.0. The second kappa shape index (κ2) is 9.83. The highest BCUT2D eigenvalue weighted by Crippen LogP contribution is 2.38. The first kappa shape index (κ1) is 28.8. The zero-order valence-electron chi connectivity index (χ0n) is 22.2. The molecule has 0 bridgehead atoms. The lowest BCUT2D eigenvalue weighted by molar-refractivity contribution is 0.474. The maximum atomic E-state index is 11.7. The van der Waals surface area contributed by atoms with Crippen molar-refractivity contribution in [2.75, 3.05) is 0 Å². The molecule has 4 aromatic carbocycles. The second-order valence-corrected chi connectivity index (χ2v) is 14.0. The number of aryl methyl sites for hydroxylation is 1. The molecule has 0 saturated carbocycles. The van der Waals surface area contributed by atoms with Crippen molar-refractivity contribution in [3.05, 3.63) is 83.4 Å². The Kier molecular flexibility index (Phi) is 7.65. The van der Waals surface area contributed by atoms with E-state index in [9.17, 15) is 25.9 Å². The number of hydrogen-bond acceptors (Lipinski definition) is 4. The van der Waals surface area contributed by atoms with Crippen molar-refractivity contribution in [2.24, 2.45) is 0 Å². The molecular weight excluding hydrogens is 508 g/mol. The highest BCUT2D eigenvalue weighted by Gasteiger charge is 2.29. The Morgan fingerprint density at radius 1 is 0.595 bits per heavy atom. The number of benzene rings is 4. The van der Waals surface area contributed by atoms with Gasteiger partial charge in [0.2, 0.25) is 0 Å². The van der Waals surface area contributed by atoms with Crippen LogP contribution in [0.5, 0.6) is 0 Å². The van der Waals surface area contributed by atoms with Crippen LogP contribution in [0, 0.1) is 6.92 Å². The quantitative estimate of drug-likeness (QED) is 0.262. The van der Waals surface area contributed by atoms with E-state index in [-0.39, 0.29) is 20.6 Å². The van der Waals surface area contributed by atoms with E-state index in [2.05, 4.69) is 0 Å². The first-order chi connectivity index (χ1) is 16.8. The first-order valence-corrected chi connectivity index (χ1v) is 14.7. The summed E-state index contributed by atoms with van der Waals surface area (Å²) in [5, 5.41) is 3.68. The summed E-state index contributed by atoms with van der Waals surface area (Å²) in [5.41, 5.74) is 1.16. The van der Waals surface area contributed by atoms with Gasteiger partial charge in [-0.15, -0.1) is 0 Å². The minimum Gasteiger partial charge on any atom is -0.282 e.